The van der Waals surface area contributed by atoms with E-state index in [9.17, 15) is 0 Å². The molecule has 0 nitrogen and oxygen atoms in total. The Hall–Kier alpha value is -1.04. The molecule has 1 aromatic rings. The van der Waals surface area contributed by atoms with Crippen LogP contribution in [-0.4, -0.2) is 0 Å². The third kappa shape index (κ3) is 4.81. The number of hydrogen-bond donors (Lipinski definition) is 0. The molecule has 0 saturated heterocycles. The van der Waals surface area contributed by atoms with Crippen LogP contribution in [0.2, 0.25) is 0 Å². The highest BCUT2D eigenvalue weighted by atomic mass is 14.2. The van der Waals surface area contributed by atoms with Crippen LogP contribution in [0, 0.1) is 12.8 Å². The molecule has 0 fully saturated rings. The molecule has 20 heavy (non-hydrogen) atoms. The first-order chi connectivity index (χ1) is 9.79. The van der Waals surface area contributed by atoms with Crippen molar-refractivity contribution < 1.29 is 0 Å². The Morgan fingerprint density at radius 2 is 1.75 bits per heavy atom. The average molecular weight is 270 g/mol. The van der Waals surface area contributed by atoms with E-state index in [0.717, 1.165) is 5.92 Å². The van der Waals surface area contributed by atoms with Crippen LogP contribution in [0.5, 0.6) is 0 Å². The standard InChI is InChI=1S/C20H30/c1-3-4-5-6-7-8-18-11-15-20(16-12-18)19-13-9-17(2)10-14-19/h9-10,13-15,18H,3-8,11-12,16H2,1-2H3. The number of hydrogen-bond acceptors (Lipinski definition) is 0. The smallest absolute Gasteiger partial charge is 0.0228 e. The van der Waals surface area contributed by atoms with Gasteiger partial charge in [0.1, 0.15) is 0 Å². The normalized spacial score (nSPS) is 18.9. The van der Waals surface area contributed by atoms with E-state index in [-0.39, 0.29) is 0 Å². The van der Waals surface area contributed by atoms with Crippen LogP contribution < -0.4 is 0 Å². The quantitative estimate of drug-likeness (QED) is 0.493. The van der Waals surface area contributed by atoms with Crippen molar-refractivity contribution in [2.24, 2.45) is 5.92 Å². The second-order valence-corrected chi connectivity index (χ2v) is 6.44. The minimum Gasteiger partial charge on any atom is -0.0804 e. The molecule has 1 aromatic carbocycles. The second-order valence-electron chi connectivity index (χ2n) is 6.44. The van der Waals surface area contributed by atoms with Gasteiger partial charge < -0.3 is 0 Å². The number of unbranched alkanes of at least 4 members (excludes halogenated alkanes) is 4. The molecule has 0 saturated carbocycles. The maximum Gasteiger partial charge on any atom is -0.0228 e. The highest BCUT2D eigenvalue weighted by molar-refractivity contribution is 5.66. The highest BCUT2D eigenvalue weighted by Crippen LogP contribution is 2.32. The van der Waals surface area contributed by atoms with Crippen molar-refractivity contribution in [2.45, 2.75) is 71.6 Å². The Labute approximate surface area is 125 Å². The summed E-state index contributed by atoms with van der Waals surface area (Å²) in [6, 6.07) is 9.03. The number of allylic oxidation sites excluding steroid dienone is 2. The van der Waals surface area contributed by atoms with Gasteiger partial charge in [-0.25, -0.2) is 0 Å². The molecule has 0 radical (unpaired) electrons. The maximum absolute atomic E-state index is 2.50. The molecule has 2 rings (SSSR count). The fourth-order valence-electron chi connectivity index (χ4n) is 3.22. The maximum atomic E-state index is 2.50. The molecule has 0 amide bonds. The molecule has 110 valence electrons. The molecule has 1 atom stereocenters. The Morgan fingerprint density at radius 3 is 2.40 bits per heavy atom. The summed E-state index contributed by atoms with van der Waals surface area (Å²) in [5, 5.41) is 0. The molecule has 0 N–H and O–H groups in total. The number of benzene rings is 1. The fraction of sp³-hybridized carbons (Fsp3) is 0.600. The summed E-state index contributed by atoms with van der Waals surface area (Å²) in [4.78, 5) is 0. The van der Waals surface area contributed by atoms with Gasteiger partial charge in [-0.3, -0.25) is 0 Å². The second kappa shape index (κ2) is 8.29. The predicted octanol–water partition coefficient (Wildman–Crippen LogP) is 6.54. The first kappa shape index (κ1) is 15.4. The van der Waals surface area contributed by atoms with Crippen LogP contribution in [0.15, 0.2) is 30.3 Å². The van der Waals surface area contributed by atoms with Crippen LogP contribution in [0.4, 0.5) is 0 Å². The van der Waals surface area contributed by atoms with E-state index in [0.29, 0.717) is 0 Å². The van der Waals surface area contributed by atoms with E-state index in [1.165, 1.54) is 68.9 Å². The van der Waals surface area contributed by atoms with E-state index >= 15 is 0 Å². The highest BCUT2D eigenvalue weighted by Gasteiger charge is 2.14. The lowest BCUT2D eigenvalue weighted by atomic mass is 9.84. The van der Waals surface area contributed by atoms with Gasteiger partial charge in [0.15, 0.2) is 0 Å². The van der Waals surface area contributed by atoms with Gasteiger partial charge in [0.05, 0.1) is 0 Å². The van der Waals surface area contributed by atoms with Crippen LogP contribution in [0.25, 0.3) is 5.57 Å². The lowest BCUT2D eigenvalue weighted by molar-refractivity contribution is 0.423. The van der Waals surface area contributed by atoms with Crippen LogP contribution in [0.1, 0.15) is 75.8 Å². The van der Waals surface area contributed by atoms with Gasteiger partial charge in [-0.2, -0.15) is 0 Å². The van der Waals surface area contributed by atoms with E-state index < -0.39 is 0 Å². The van der Waals surface area contributed by atoms with Crippen LogP contribution in [-0.2, 0) is 0 Å². The molecule has 0 heteroatoms. The monoisotopic (exact) mass is 270 g/mol. The van der Waals surface area contributed by atoms with Crippen molar-refractivity contribution in [1.29, 1.82) is 0 Å². The van der Waals surface area contributed by atoms with Crippen molar-refractivity contribution in [3.05, 3.63) is 41.5 Å². The van der Waals surface area contributed by atoms with Gasteiger partial charge in [-0.05, 0) is 43.2 Å². The van der Waals surface area contributed by atoms with Crippen LogP contribution in [0.3, 0.4) is 0 Å². The largest absolute Gasteiger partial charge is 0.0804 e. The summed E-state index contributed by atoms with van der Waals surface area (Å²) in [5.74, 6) is 0.950. The molecule has 0 aromatic heterocycles. The van der Waals surface area contributed by atoms with Crippen molar-refractivity contribution in [3.8, 4) is 0 Å². The Balaban J connectivity index is 1.74. The summed E-state index contributed by atoms with van der Waals surface area (Å²) >= 11 is 0. The first-order valence-electron chi connectivity index (χ1n) is 8.55. The molecule has 0 spiro atoms. The molecule has 1 aliphatic rings. The molecule has 0 heterocycles. The minimum atomic E-state index is 0.950. The molecule has 0 bridgehead atoms. The number of aryl methyl sites for hydroxylation is 1. The van der Waals surface area contributed by atoms with Gasteiger partial charge in [0.25, 0.3) is 0 Å². The summed E-state index contributed by atoms with van der Waals surface area (Å²) in [6.45, 7) is 4.45. The van der Waals surface area contributed by atoms with E-state index in [1.54, 1.807) is 5.57 Å². The van der Waals surface area contributed by atoms with Gasteiger partial charge >= 0.3 is 0 Å². The number of rotatable bonds is 7. The predicted molar refractivity (Wildman–Crippen MR) is 89.9 cm³/mol. The fourth-order valence-corrected chi connectivity index (χ4v) is 3.22. The van der Waals surface area contributed by atoms with Crippen molar-refractivity contribution in [3.63, 3.8) is 0 Å². The van der Waals surface area contributed by atoms with E-state index in [2.05, 4.69) is 44.2 Å². The molecule has 0 aliphatic heterocycles. The van der Waals surface area contributed by atoms with Gasteiger partial charge in [0, 0.05) is 0 Å². The van der Waals surface area contributed by atoms with E-state index in [1.807, 2.05) is 0 Å². The first-order valence-corrected chi connectivity index (χ1v) is 8.55. The Bertz CT molecular complexity index is 410. The lowest BCUT2D eigenvalue weighted by Crippen LogP contribution is -2.05. The molecule has 1 unspecified atom stereocenters. The summed E-state index contributed by atoms with van der Waals surface area (Å²) in [7, 11) is 0. The van der Waals surface area contributed by atoms with Gasteiger partial charge in [-0.15, -0.1) is 0 Å². The van der Waals surface area contributed by atoms with Crippen LogP contribution >= 0.6 is 0 Å². The summed E-state index contributed by atoms with van der Waals surface area (Å²) in [6.07, 6.45) is 15.0. The van der Waals surface area contributed by atoms with Crippen molar-refractivity contribution >= 4 is 5.57 Å². The summed E-state index contributed by atoms with van der Waals surface area (Å²) in [5.41, 5.74) is 4.37. The molecular formula is C20H30. The average Bonchev–Trinajstić information content (AvgIpc) is 2.49. The topological polar surface area (TPSA) is 0 Å². The zero-order valence-corrected chi connectivity index (χ0v) is 13.3. The molecular weight excluding hydrogens is 240 g/mol. The van der Waals surface area contributed by atoms with E-state index in [4.69, 9.17) is 0 Å². The Kier molecular flexibility index (Phi) is 6.36. The van der Waals surface area contributed by atoms with Crippen molar-refractivity contribution in [2.75, 3.05) is 0 Å². The third-order valence-electron chi connectivity index (χ3n) is 4.66. The Morgan fingerprint density at radius 1 is 1.00 bits per heavy atom. The minimum absolute atomic E-state index is 0.950. The lowest BCUT2D eigenvalue weighted by Gasteiger charge is -2.22. The van der Waals surface area contributed by atoms with Gasteiger partial charge in [0.2, 0.25) is 0 Å². The third-order valence-corrected chi connectivity index (χ3v) is 4.66. The van der Waals surface area contributed by atoms with Gasteiger partial charge in [-0.1, -0.05) is 81.4 Å². The van der Waals surface area contributed by atoms with Crippen molar-refractivity contribution in [1.82, 2.24) is 0 Å². The summed E-state index contributed by atoms with van der Waals surface area (Å²) < 4.78 is 0. The zero-order chi connectivity index (χ0) is 14.2. The zero-order valence-electron chi connectivity index (χ0n) is 13.3. The molecule has 1 aliphatic carbocycles. The SMILES string of the molecule is CCCCCCCC1CC=C(c2ccc(C)cc2)CC1.